The van der Waals surface area contributed by atoms with Crippen LogP contribution in [-0.2, 0) is 6.42 Å². The Kier molecular flexibility index (Phi) is 3.08. The third kappa shape index (κ3) is 2.09. The summed E-state index contributed by atoms with van der Waals surface area (Å²) in [6, 6.07) is 8.03. The highest BCUT2D eigenvalue weighted by Crippen LogP contribution is 2.15. The maximum atomic E-state index is 5.81. The van der Waals surface area contributed by atoms with Gasteiger partial charge >= 0.3 is 0 Å². The molecule has 2 heterocycles. The number of hydrogen-bond acceptors (Lipinski definition) is 5. The van der Waals surface area contributed by atoms with Crippen LogP contribution in [0.25, 0.3) is 10.9 Å². The zero-order valence-electron chi connectivity index (χ0n) is 11.0. The second-order valence-electron chi connectivity index (χ2n) is 4.32. The fraction of sp³-hybridized carbons (Fsp3) is 0.154. The number of nitrogens with one attached hydrogen (secondary N) is 2. The minimum Gasteiger partial charge on any atom is -0.361 e. The van der Waals surface area contributed by atoms with Crippen LogP contribution in [0.4, 0.5) is 5.95 Å². The predicted octanol–water partition coefficient (Wildman–Crippen LogP) is 1.48. The van der Waals surface area contributed by atoms with E-state index in [4.69, 9.17) is 5.84 Å². The van der Waals surface area contributed by atoms with Gasteiger partial charge in [-0.25, -0.2) is 10.1 Å². The van der Waals surface area contributed by atoms with E-state index in [1.807, 2.05) is 37.4 Å². The monoisotopic (exact) mass is 269 g/mol. The molecule has 0 aliphatic heterocycles. The fourth-order valence-corrected chi connectivity index (χ4v) is 2.00. The topological polar surface area (TPSA) is 96.9 Å². The number of nitrogen functional groups attached to an aromatic ring is 1. The van der Waals surface area contributed by atoms with Crippen LogP contribution in [0.5, 0.6) is 0 Å². The maximum Gasteiger partial charge on any atom is 0.263 e. The van der Waals surface area contributed by atoms with Gasteiger partial charge in [0.25, 0.3) is 5.95 Å². The molecule has 2 aromatic heterocycles. The lowest BCUT2D eigenvalue weighted by atomic mass is 10.2. The van der Waals surface area contributed by atoms with Crippen LogP contribution in [0.15, 0.2) is 35.6 Å². The molecule has 0 bridgehead atoms. The van der Waals surface area contributed by atoms with Gasteiger partial charge in [0, 0.05) is 29.1 Å². The van der Waals surface area contributed by atoms with Gasteiger partial charge in [-0.2, -0.15) is 5.10 Å². The third-order valence-corrected chi connectivity index (χ3v) is 3.07. The molecule has 102 valence electrons. The molecule has 7 heteroatoms. The molecule has 0 amide bonds. The average molecular weight is 269 g/mol. The number of nitrogens with two attached hydrogens (primary N) is 1. The molecule has 3 rings (SSSR count). The van der Waals surface area contributed by atoms with Gasteiger partial charge in [0.05, 0.1) is 6.21 Å². The van der Waals surface area contributed by atoms with Crippen molar-refractivity contribution in [2.75, 3.05) is 11.3 Å². The van der Waals surface area contributed by atoms with Crippen LogP contribution < -0.4 is 11.3 Å². The highest BCUT2D eigenvalue weighted by atomic mass is 15.5. The van der Waals surface area contributed by atoms with Crippen molar-refractivity contribution in [1.29, 1.82) is 0 Å². The second-order valence-corrected chi connectivity index (χ2v) is 4.32. The minimum absolute atomic E-state index is 0.415. The van der Waals surface area contributed by atoms with E-state index in [0.717, 1.165) is 22.9 Å². The number of benzene rings is 1. The molecule has 0 spiro atoms. The first-order valence-electron chi connectivity index (χ1n) is 6.34. The lowest BCUT2D eigenvalue weighted by molar-refractivity contribution is 0.855. The number of aryl methyl sites for hydroxylation is 1. The number of para-hydroxylation sites is 1. The molecule has 0 unspecified atom stereocenters. The molecule has 0 saturated carbocycles. The summed E-state index contributed by atoms with van der Waals surface area (Å²) in [7, 11) is 0. The van der Waals surface area contributed by atoms with Crippen molar-refractivity contribution in [3.05, 3.63) is 41.9 Å². The van der Waals surface area contributed by atoms with E-state index >= 15 is 0 Å². The van der Waals surface area contributed by atoms with Crippen molar-refractivity contribution in [1.82, 2.24) is 19.9 Å². The van der Waals surface area contributed by atoms with Crippen LogP contribution >= 0.6 is 0 Å². The van der Waals surface area contributed by atoms with E-state index in [1.165, 1.54) is 4.68 Å². The molecule has 0 aliphatic rings. The Morgan fingerprint density at radius 1 is 1.40 bits per heavy atom. The Balaban J connectivity index is 1.79. The number of aromatic amines is 1. The van der Waals surface area contributed by atoms with Crippen molar-refractivity contribution < 1.29 is 0 Å². The van der Waals surface area contributed by atoms with Crippen molar-refractivity contribution in [2.24, 2.45) is 5.10 Å². The van der Waals surface area contributed by atoms with Gasteiger partial charge in [-0.1, -0.05) is 25.1 Å². The Morgan fingerprint density at radius 2 is 2.25 bits per heavy atom. The van der Waals surface area contributed by atoms with Gasteiger partial charge in [-0.3, -0.25) is 0 Å². The number of hydrazone groups is 1. The van der Waals surface area contributed by atoms with E-state index in [0.29, 0.717) is 11.8 Å². The SMILES string of the molecule is CCc1nnc(N/N=C/c2c[nH]c3ccccc23)n1N. The number of nitrogens with zero attached hydrogens (tertiary/aromatic N) is 4. The van der Waals surface area contributed by atoms with Crippen molar-refractivity contribution in [3.8, 4) is 0 Å². The molecule has 7 nitrogen and oxygen atoms in total. The van der Waals surface area contributed by atoms with Crippen molar-refractivity contribution in [2.45, 2.75) is 13.3 Å². The molecule has 0 aliphatic carbocycles. The Labute approximate surface area is 115 Å². The molecule has 0 saturated heterocycles. The summed E-state index contributed by atoms with van der Waals surface area (Å²) in [4.78, 5) is 3.18. The lowest BCUT2D eigenvalue weighted by Crippen LogP contribution is -2.14. The molecular formula is C13H15N7. The molecule has 3 aromatic rings. The van der Waals surface area contributed by atoms with Crippen LogP contribution in [-0.4, -0.2) is 26.1 Å². The van der Waals surface area contributed by atoms with Crippen LogP contribution in [0, 0.1) is 0 Å². The van der Waals surface area contributed by atoms with E-state index in [1.54, 1.807) is 6.21 Å². The summed E-state index contributed by atoms with van der Waals surface area (Å²) in [5.74, 6) is 6.93. The molecule has 1 aromatic carbocycles. The van der Waals surface area contributed by atoms with Gasteiger partial charge in [-0.15, -0.1) is 10.2 Å². The molecular weight excluding hydrogens is 254 g/mol. The summed E-state index contributed by atoms with van der Waals surface area (Å²) in [5, 5.41) is 13.1. The van der Waals surface area contributed by atoms with Crippen LogP contribution in [0.3, 0.4) is 0 Å². The van der Waals surface area contributed by atoms with E-state index in [2.05, 4.69) is 25.7 Å². The zero-order chi connectivity index (χ0) is 13.9. The van der Waals surface area contributed by atoms with Gasteiger partial charge in [0.2, 0.25) is 0 Å². The second kappa shape index (κ2) is 5.04. The smallest absolute Gasteiger partial charge is 0.263 e. The van der Waals surface area contributed by atoms with Crippen LogP contribution in [0.2, 0.25) is 0 Å². The number of H-pyrrole nitrogens is 1. The molecule has 0 atom stereocenters. The quantitative estimate of drug-likeness (QED) is 0.379. The first kappa shape index (κ1) is 12.2. The highest BCUT2D eigenvalue weighted by molar-refractivity contribution is 5.99. The number of hydrogen-bond donors (Lipinski definition) is 3. The maximum absolute atomic E-state index is 5.81. The Bertz CT molecular complexity index is 753. The van der Waals surface area contributed by atoms with Crippen LogP contribution in [0.1, 0.15) is 18.3 Å². The highest BCUT2D eigenvalue weighted by Gasteiger charge is 2.06. The standard InChI is InChI=1S/C13H15N7/c1-2-12-17-19-13(20(12)14)18-16-8-9-7-15-11-6-4-3-5-10(9)11/h3-8,15H,2,14H2,1H3,(H,18,19)/b16-8+. The average Bonchev–Trinajstić information content (AvgIpc) is 3.04. The van der Waals surface area contributed by atoms with Gasteiger partial charge in [0.15, 0.2) is 5.82 Å². The number of fused-ring (bicyclic) bond motifs is 1. The number of anilines is 1. The zero-order valence-corrected chi connectivity index (χ0v) is 11.0. The van der Waals surface area contributed by atoms with E-state index < -0.39 is 0 Å². The summed E-state index contributed by atoms with van der Waals surface area (Å²) in [5.41, 5.74) is 4.86. The van der Waals surface area contributed by atoms with Crippen molar-refractivity contribution >= 4 is 23.1 Å². The van der Waals surface area contributed by atoms with E-state index in [9.17, 15) is 0 Å². The Morgan fingerprint density at radius 3 is 3.05 bits per heavy atom. The molecule has 20 heavy (non-hydrogen) atoms. The first-order valence-corrected chi connectivity index (χ1v) is 6.34. The first-order chi connectivity index (χ1) is 9.79. The predicted molar refractivity (Wildman–Crippen MR) is 79.1 cm³/mol. The summed E-state index contributed by atoms with van der Waals surface area (Å²) >= 11 is 0. The van der Waals surface area contributed by atoms with Gasteiger partial charge < -0.3 is 10.8 Å². The number of aromatic nitrogens is 4. The molecule has 0 fully saturated rings. The summed E-state index contributed by atoms with van der Waals surface area (Å²) in [6.45, 7) is 1.96. The third-order valence-electron chi connectivity index (χ3n) is 3.07. The van der Waals surface area contributed by atoms with Gasteiger partial charge in [0.1, 0.15) is 0 Å². The normalized spacial score (nSPS) is 11.4. The largest absolute Gasteiger partial charge is 0.361 e. The lowest BCUT2D eigenvalue weighted by Gasteiger charge is -2.00. The van der Waals surface area contributed by atoms with Crippen molar-refractivity contribution in [3.63, 3.8) is 0 Å². The molecule has 0 radical (unpaired) electrons. The van der Waals surface area contributed by atoms with E-state index in [-0.39, 0.29) is 0 Å². The van der Waals surface area contributed by atoms with Gasteiger partial charge in [-0.05, 0) is 6.07 Å². The minimum atomic E-state index is 0.415. The fourth-order valence-electron chi connectivity index (χ4n) is 2.00. The summed E-state index contributed by atoms with van der Waals surface area (Å²) in [6.07, 6.45) is 4.34. The molecule has 4 N–H and O–H groups in total. The number of rotatable bonds is 4. The summed E-state index contributed by atoms with van der Waals surface area (Å²) < 4.78 is 1.40. The Hall–Kier alpha value is -2.83.